The average Bonchev–Trinajstić information content (AvgIpc) is 2.64. The molecule has 4 heteroatoms. The van der Waals surface area contributed by atoms with Crippen LogP contribution in [0.25, 0.3) is 0 Å². The highest BCUT2D eigenvalue weighted by atomic mass is 16.2. The van der Waals surface area contributed by atoms with Crippen molar-refractivity contribution in [2.75, 3.05) is 40.3 Å². The van der Waals surface area contributed by atoms with Gasteiger partial charge in [0.15, 0.2) is 0 Å². The van der Waals surface area contributed by atoms with Crippen LogP contribution in [0.4, 0.5) is 4.79 Å². The molecule has 24 heavy (non-hydrogen) atoms. The Balaban J connectivity index is 1.80. The van der Waals surface area contributed by atoms with Gasteiger partial charge in [0.05, 0.1) is 6.04 Å². The van der Waals surface area contributed by atoms with E-state index in [1.54, 1.807) is 4.90 Å². The standard InChI is InChI=1S/C20H25N3O/c1-21(2)20(24)23-15-13-22(14-16-23)19(17-9-5-3-6-10-17)18-11-7-4-8-12-18/h3-12,19H,13-16H2,1-2H3. The second-order valence-electron chi connectivity index (χ2n) is 6.42. The quantitative estimate of drug-likeness (QED) is 0.868. The smallest absolute Gasteiger partial charge is 0.319 e. The van der Waals surface area contributed by atoms with E-state index in [9.17, 15) is 4.79 Å². The first-order valence-electron chi connectivity index (χ1n) is 8.47. The number of benzene rings is 2. The topological polar surface area (TPSA) is 26.8 Å². The molecule has 0 aliphatic carbocycles. The number of hydrogen-bond acceptors (Lipinski definition) is 2. The Hall–Kier alpha value is -2.33. The zero-order valence-electron chi connectivity index (χ0n) is 14.4. The van der Waals surface area contributed by atoms with Crippen LogP contribution >= 0.6 is 0 Å². The molecule has 0 unspecified atom stereocenters. The van der Waals surface area contributed by atoms with Gasteiger partial charge in [0.1, 0.15) is 0 Å². The fourth-order valence-corrected chi connectivity index (χ4v) is 3.34. The van der Waals surface area contributed by atoms with Crippen LogP contribution in [0.15, 0.2) is 60.7 Å². The molecule has 4 nitrogen and oxygen atoms in total. The lowest BCUT2D eigenvalue weighted by Crippen LogP contribution is -2.52. The fourth-order valence-electron chi connectivity index (χ4n) is 3.34. The van der Waals surface area contributed by atoms with Gasteiger partial charge in [-0.05, 0) is 11.1 Å². The Morgan fingerprint density at radius 1 is 0.833 bits per heavy atom. The van der Waals surface area contributed by atoms with E-state index in [1.165, 1.54) is 11.1 Å². The zero-order valence-corrected chi connectivity index (χ0v) is 14.4. The zero-order chi connectivity index (χ0) is 16.9. The van der Waals surface area contributed by atoms with Gasteiger partial charge in [-0.25, -0.2) is 4.79 Å². The number of amides is 2. The van der Waals surface area contributed by atoms with Crippen LogP contribution in [0.2, 0.25) is 0 Å². The Labute approximate surface area is 144 Å². The summed E-state index contributed by atoms with van der Waals surface area (Å²) >= 11 is 0. The van der Waals surface area contributed by atoms with Crippen LogP contribution in [0.1, 0.15) is 17.2 Å². The molecular weight excluding hydrogens is 298 g/mol. The van der Waals surface area contributed by atoms with Crippen molar-refractivity contribution in [3.63, 3.8) is 0 Å². The van der Waals surface area contributed by atoms with Crippen molar-refractivity contribution in [1.82, 2.24) is 14.7 Å². The molecule has 1 aliphatic rings. The molecule has 2 amide bonds. The lowest BCUT2D eigenvalue weighted by Gasteiger charge is -2.40. The normalized spacial score (nSPS) is 15.5. The number of urea groups is 1. The second kappa shape index (κ2) is 7.49. The Morgan fingerprint density at radius 2 is 1.29 bits per heavy atom. The van der Waals surface area contributed by atoms with E-state index in [4.69, 9.17) is 0 Å². The lowest BCUT2D eigenvalue weighted by molar-refractivity contribution is 0.108. The molecule has 2 aromatic carbocycles. The molecular formula is C20H25N3O. The maximum atomic E-state index is 12.1. The van der Waals surface area contributed by atoms with Gasteiger partial charge in [0.2, 0.25) is 0 Å². The minimum Gasteiger partial charge on any atom is -0.331 e. The van der Waals surface area contributed by atoms with E-state index in [-0.39, 0.29) is 12.1 Å². The first kappa shape index (κ1) is 16.5. The predicted octanol–water partition coefficient (Wildman–Crippen LogP) is 3.08. The minimum atomic E-state index is 0.102. The van der Waals surface area contributed by atoms with Crippen LogP contribution in [0.3, 0.4) is 0 Å². The highest BCUT2D eigenvalue weighted by Crippen LogP contribution is 2.29. The molecule has 0 N–H and O–H groups in total. The Morgan fingerprint density at radius 3 is 1.71 bits per heavy atom. The number of nitrogens with zero attached hydrogens (tertiary/aromatic N) is 3. The van der Waals surface area contributed by atoms with Gasteiger partial charge in [-0.1, -0.05) is 60.7 Å². The van der Waals surface area contributed by atoms with Crippen LogP contribution in [-0.2, 0) is 0 Å². The highest BCUT2D eigenvalue weighted by molar-refractivity contribution is 5.73. The maximum Gasteiger partial charge on any atom is 0.319 e. The molecule has 0 atom stereocenters. The number of rotatable bonds is 3. The summed E-state index contributed by atoms with van der Waals surface area (Å²) in [7, 11) is 3.62. The van der Waals surface area contributed by atoms with Crippen molar-refractivity contribution in [2.45, 2.75) is 6.04 Å². The Bertz CT molecular complexity index is 610. The van der Waals surface area contributed by atoms with Crippen molar-refractivity contribution in [3.8, 4) is 0 Å². The number of carbonyl (C=O) groups is 1. The van der Waals surface area contributed by atoms with Crippen LogP contribution in [-0.4, -0.2) is 61.0 Å². The van der Waals surface area contributed by atoms with E-state index in [0.717, 1.165) is 26.2 Å². The van der Waals surface area contributed by atoms with Gasteiger partial charge in [0.25, 0.3) is 0 Å². The number of piperazine rings is 1. The highest BCUT2D eigenvalue weighted by Gasteiger charge is 2.28. The van der Waals surface area contributed by atoms with Gasteiger partial charge in [-0.3, -0.25) is 4.90 Å². The third-order valence-corrected chi connectivity index (χ3v) is 4.56. The summed E-state index contributed by atoms with van der Waals surface area (Å²) < 4.78 is 0. The van der Waals surface area contributed by atoms with Gasteiger partial charge in [0, 0.05) is 40.3 Å². The third kappa shape index (κ3) is 3.60. The van der Waals surface area contributed by atoms with Gasteiger partial charge in [-0.15, -0.1) is 0 Å². The molecule has 3 rings (SSSR count). The van der Waals surface area contributed by atoms with Crippen molar-refractivity contribution >= 4 is 6.03 Å². The molecule has 1 heterocycles. The molecule has 0 aromatic heterocycles. The van der Waals surface area contributed by atoms with E-state index < -0.39 is 0 Å². The lowest BCUT2D eigenvalue weighted by atomic mass is 9.96. The summed E-state index contributed by atoms with van der Waals surface area (Å²) in [5.41, 5.74) is 2.60. The number of carbonyl (C=O) groups excluding carboxylic acids is 1. The minimum absolute atomic E-state index is 0.102. The summed E-state index contributed by atoms with van der Waals surface area (Å²) in [5.74, 6) is 0. The Kier molecular flexibility index (Phi) is 5.16. The van der Waals surface area contributed by atoms with E-state index in [1.807, 2.05) is 19.0 Å². The van der Waals surface area contributed by atoms with Crippen LogP contribution < -0.4 is 0 Å². The van der Waals surface area contributed by atoms with Crippen molar-refractivity contribution in [3.05, 3.63) is 71.8 Å². The summed E-state index contributed by atoms with van der Waals surface area (Å²) in [5, 5.41) is 0. The first-order chi connectivity index (χ1) is 11.7. The molecule has 0 bridgehead atoms. The molecule has 2 aromatic rings. The number of hydrogen-bond donors (Lipinski definition) is 0. The maximum absolute atomic E-state index is 12.1. The first-order valence-corrected chi connectivity index (χ1v) is 8.47. The summed E-state index contributed by atoms with van der Waals surface area (Å²) in [6, 6.07) is 21.6. The van der Waals surface area contributed by atoms with Gasteiger partial charge >= 0.3 is 6.03 Å². The largest absolute Gasteiger partial charge is 0.331 e. The van der Waals surface area contributed by atoms with Crippen LogP contribution in [0.5, 0.6) is 0 Å². The van der Waals surface area contributed by atoms with Crippen molar-refractivity contribution < 1.29 is 4.79 Å². The SMILES string of the molecule is CN(C)C(=O)N1CCN(C(c2ccccc2)c2ccccc2)CC1. The van der Waals surface area contributed by atoms with Crippen molar-refractivity contribution in [1.29, 1.82) is 0 Å². The summed E-state index contributed by atoms with van der Waals surface area (Å²) in [6.45, 7) is 3.31. The monoisotopic (exact) mass is 323 g/mol. The molecule has 1 fully saturated rings. The predicted molar refractivity (Wildman–Crippen MR) is 97.0 cm³/mol. The van der Waals surface area contributed by atoms with Crippen LogP contribution in [0, 0.1) is 0 Å². The van der Waals surface area contributed by atoms with Gasteiger partial charge < -0.3 is 9.80 Å². The van der Waals surface area contributed by atoms with E-state index >= 15 is 0 Å². The van der Waals surface area contributed by atoms with E-state index in [0.29, 0.717) is 0 Å². The third-order valence-electron chi connectivity index (χ3n) is 4.56. The second-order valence-corrected chi connectivity index (χ2v) is 6.42. The van der Waals surface area contributed by atoms with Gasteiger partial charge in [-0.2, -0.15) is 0 Å². The molecule has 126 valence electrons. The summed E-state index contributed by atoms with van der Waals surface area (Å²) in [4.78, 5) is 18.2. The molecule has 1 aliphatic heterocycles. The average molecular weight is 323 g/mol. The molecule has 1 saturated heterocycles. The summed E-state index contributed by atoms with van der Waals surface area (Å²) in [6.07, 6.45) is 0. The fraction of sp³-hybridized carbons (Fsp3) is 0.350. The molecule has 0 spiro atoms. The van der Waals surface area contributed by atoms with E-state index in [2.05, 4.69) is 65.6 Å². The van der Waals surface area contributed by atoms with Crippen molar-refractivity contribution in [2.24, 2.45) is 0 Å². The molecule has 0 saturated carbocycles. The molecule has 0 radical (unpaired) electrons.